The maximum Gasteiger partial charge on any atom is 0.115 e. The number of phenols is 1. The lowest BCUT2D eigenvalue weighted by Gasteiger charge is -2.15. The van der Waals surface area contributed by atoms with Gasteiger partial charge in [0, 0.05) is 18.4 Å². The van der Waals surface area contributed by atoms with Gasteiger partial charge in [0.25, 0.3) is 0 Å². The zero-order valence-electron chi connectivity index (χ0n) is 9.40. The Kier molecular flexibility index (Phi) is 4.24. The molecule has 0 bridgehead atoms. The summed E-state index contributed by atoms with van der Waals surface area (Å²) in [4.78, 5) is 2.47. The number of aromatic hydroxyl groups is 1. The van der Waals surface area contributed by atoms with Gasteiger partial charge in [0.05, 0.1) is 0 Å². The van der Waals surface area contributed by atoms with Crippen LogP contribution in [0.2, 0.25) is 0 Å². The summed E-state index contributed by atoms with van der Waals surface area (Å²) in [5.74, 6) is 1.21. The minimum atomic E-state index is 0.369. The molecule has 1 fully saturated rings. The molecule has 0 aromatic heterocycles. The second-order valence-corrected chi connectivity index (χ2v) is 5.33. The Hall–Kier alpha value is -0.540. The SMILES string of the molecule is Oc1cccc(CN2CCC(CCBr)C2)c1. The molecule has 1 unspecified atom stereocenters. The maximum atomic E-state index is 9.40. The van der Waals surface area contributed by atoms with Crippen LogP contribution in [0.25, 0.3) is 0 Å². The van der Waals surface area contributed by atoms with E-state index >= 15 is 0 Å². The summed E-state index contributed by atoms with van der Waals surface area (Å²) in [5, 5.41) is 10.5. The second kappa shape index (κ2) is 5.69. The summed E-state index contributed by atoms with van der Waals surface area (Å²) in [5.41, 5.74) is 1.21. The summed E-state index contributed by atoms with van der Waals surface area (Å²) in [7, 11) is 0. The zero-order valence-corrected chi connectivity index (χ0v) is 11.0. The third-order valence-electron chi connectivity index (χ3n) is 3.20. The van der Waals surface area contributed by atoms with E-state index in [1.807, 2.05) is 12.1 Å². The van der Waals surface area contributed by atoms with Gasteiger partial charge in [-0.3, -0.25) is 4.90 Å². The Morgan fingerprint density at radius 3 is 3.06 bits per heavy atom. The van der Waals surface area contributed by atoms with Gasteiger partial charge in [-0.05, 0) is 43.0 Å². The Morgan fingerprint density at radius 1 is 1.44 bits per heavy atom. The number of hydrogen-bond donors (Lipinski definition) is 1. The molecule has 1 atom stereocenters. The van der Waals surface area contributed by atoms with Crippen molar-refractivity contribution in [2.75, 3.05) is 18.4 Å². The van der Waals surface area contributed by atoms with Gasteiger partial charge in [-0.1, -0.05) is 28.1 Å². The summed E-state index contributed by atoms with van der Waals surface area (Å²) in [6, 6.07) is 7.58. The molecule has 1 aliphatic rings. The van der Waals surface area contributed by atoms with E-state index in [-0.39, 0.29) is 0 Å². The predicted molar refractivity (Wildman–Crippen MR) is 69.9 cm³/mol. The summed E-state index contributed by atoms with van der Waals surface area (Å²) in [6.07, 6.45) is 2.58. The summed E-state index contributed by atoms with van der Waals surface area (Å²) in [6.45, 7) is 3.35. The van der Waals surface area contributed by atoms with Crippen LogP contribution in [0.5, 0.6) is 5.75 Å². The Morgan fingerprint density at radius 2 is 2.31 bits per heavy atom. The molecule has 0 saturated carbocycles. The molecule has 1 heterocycles. The van der Waals surface area contributed by atoms with E-state index in [4.69, 9.17) is 0 Å². The van der Waals surface area contributed by atoms with Crippen LogP contribution in [0.4, 0.5) is 0 Å². The number of benzene rings is 1. The highest BCUT2D eigenvalue weighted by Crippen LogP contribution is 2.22. The van der Waals surface area contributed by atoms with Gasteiger partial charge >= 0.3 is 0 Å². The van der Waals surface area contributed by atoms with Crippen molar-refractivity contribution in [2.45, 2.75) is 19.4 Å². The molecule has 0 aliphatic carbocycles. The Balaban J connectivity index is 1.87. The van der Waals surface area contributed by atoms with Crippen molar-refractivity contribution in [1.82, 2.24) is 4.90 Å². The molecular formula is C13H18BrNO. The fraction of sp³-hybridized carbons (Fsp3) is 0.538. The predicted octanol–water partition coefficient (Wildman–Crippen LogP) is 3.00. The Labute approximate surface area is 105 Å². The molecule has 1 saturated heterocycles. The van der Waals surface area contributed by atoms with E-state index < -0.39 is 0 Å². The normalized spacial score (nSPS) is 21.4. The largest absolute Gasteiger partial charge is 0.508 e. The fourth-order valence-corrected chi connectivity index (χ4v) is 3.01. The molecule has 1 aromatic rings. The van der Waals surface area contributed by atoms with E-state index in [1.165, 1.54) is 31.5 Å². The highest BCUT2D eigenvalue weighted by atomic mass is 79.9. The van der Waals surface area contributed by atoms with Crippen LogP contribution in [0.1, 0.15) is 18.4 Å². The molecule has 0 radical (unpaired) electrons. The average molecular weight is 284 g/mol. The van der Waals surface area contributed by atoms with Gasteiger partial charge in [-0.2, -0.15) is 0 Å². The summed E-state index contributed by atoms with van der Waals surface area (Å²) < 4.78 is 0. The molecule has 1 N–H and O–H groups in total. The molecule has 16 heavy (non-hydrogen) atoms. The molecule has 0 spiro atoms. The van der Waals surface area contributed by atoms with Crippen molar-refractivity contribution >= 4 is 15.9 Å². The van der Waals surface area contributed by atoms with E-state index in [0.29, 0.717) is 5.75 Å². The van der Waals surface area contributed by atoms with Gasteiger partial charge in [0.15, 0.2) is 0 Å². The van der Waals surface area contributed by atoms with E-state index in [0.717, 1.165) is 17.8 Å². The van der Waals surface area contributed by atoms with Crippen LogP contribution in [0, 0.1) is 5.92 Å². The van der Waals surface area contributed by atoms with Crippen LogP contribution in [0.3, 0.4) is 0 Å². The van der Waals surface area contributed by atoms with Crippen LogP contribution in [-0.4, -0.2) is 28.4 Å². The standard InChI is InChI=1S/C13H18BrNO/c14-6-4-11-5-7-15(9-11)10-12-2-1-3-13(16)8-12/h1-3,8,11,16H,4-7,9-10H2. The lowest BCUT2D eigenvalue weighted by atomic mass is 10.1. The first-order chi connectivity index (χ1) is 7.78. The van der Waals surface area contributed by atoms with Crippen LogP contribution in [-0.2, 0) is 6.54 Å². The number of hydrogen-bond acceptors (Lipinski definition) is 2. The van der Waals surface area contributed by atoms with E-state index in [9.17, 15) is 5.11 Å². The molecule has 1 aromatic carbocycles. The van der Waals surface area contributed by atoms with Gasteiger partial charge in [-0.25, -0.2) is 0 Å². The first-order valence-electron chi connectivity index (χ1n) is 5.84. The molecule has 2 nitrogen and oxygen atoms in total. The highest BCUT2D eigenvalue weighted by Gasteiger charge is 2.21. The average Bonchev–Trinajstić information content (AvgIpc) is 2.66. The number of rotatable bonds is 4. The van der Waals surface area contributed by atoms with E-state index in [2.05, 4.69) is 26.9 Å². The van der Waals surface area contributed by atoms with Crippen molar-refractivity contribution in [3.05, 3.63) is 29.8 Å². The quantitative estimate of drug-likeness (QED) is 0.859. The van der Waals surface area contributed by atoms with Crippen molar-refractivity contribution in [1.29, 1.82) is 0 Å². The van der Waals surface area contributed by atoms with Crippen molar-refractivity contribution in [2.24, 2.45) is 5.92 Å². The molecule has 0 amide bonds. The third kappa shape index (κ3) is 3.22. The molecular weight excluding hydrogens is 266 g/mol. The number of phenolic OH excluding ortho intramolecular Hbond substituents is 1. The smallest absolute Gasteiger partial charge is 0.115 e. The number of alkyl halides is 1. The van der Waals surface area contributed by atoms with Gasteiger partial charge in [0.2, 0.25) is 0 Å². The molecule has 2 rings (SSSR count). The summed E-state index contributed by atoms with van der Waals surface area (Å²) >= 11 is 3.50. The van der Waals surface area contributed by atoms with Crippen molar-refractivity contribution in [3.8, 4) is 5.75 Å². The lowest BCUT2D eigenvalue weighted by Crippen LogP contribution is -2.20. The molecule has 1 aliphatic heterocycles. The lowest BCUT2D eigenvalue weighted by molar-refractivity contribution is 0.315. The Bertz CT molecular complexity index is 342. The van der Waals surface area contributed by atoms with Crippen molar-refractivity contribution in [3.63, 3.8) is 0 Å². The number of nitrogens with zero attached hydrogens (tertiary/aromatic N) is 1. The van der Waals surface area contributed by atoms with Gasteiger partial charge in [-0.15, -0.1) is 0 Å². The van der Waals surface area contributed by atoms with E-state index in [1.54, 1.807) is 6.07 Å². The van der Waals surface area contributed by atoms with Gasteiger partial charge in [0.1, 0.15) is 5.75 Å². The van der Waals surface area contributed by atoms with Crippen molar-refractivity contribution < 1.29 is 5.11 Å². The third-order valence-corrected chi connectivity index (χ3v) is 3.66. The number of likely N-dealkylation sites (tertiary alicyclic amines) is 1. The van der Waals surface area contributed by atoms with Gasteiger partial charge < -0.3 is 5.11 Å². The van der Waals surface area contributed by atoms with Crippen LogP contribution < -0.4 is 0 Å². The van der Waals surface area contributed by atoms with Crippen LogP contribution in [0.15, 0.2) is 24.3 Å². The topological polar surface area (TPSA) is 23.5 Å². The maximum absolute atomic E-state index is 9.40. The molecule has 88 valence electrons. The second-order valence-electron chi connectivity index (χ2n) is 4.54. The minimum absolute atomic E-state index is 0.369. The molecule has 3 heteroatoms. The number of halogens is 1. The highest BCUT2D eigenvalue weighted by molar-refractivity contribution is 9.09. The fourth-order valence-electron chi connectivity index (χ4n) is 2.36. The van der Waals surface area contributed by atoms with Crippen LogP contribution >= 0.6 is 15.9 Å². The first-order valence-corrected chi connectivity index (χ1v) is 6.96. The minimum Gasteiger partial charge on any atom is -0.508 e. The zero-order chi connectivity index (χ0) is 11.4. The monoisotopic (exact) mass is 283 g/mol. The first kappa shape index (κ1) is 11.9.